The van der Waals surface area contributed by atoms with Crippen LogP contribution in [0, 0.1) is 19.8 Å². The Kier molecular flexibility index (Phi) is 4.43. The molecule has 3 N–H and O–H groups in total. The number of aliphatic hydroxyl groups excluding tert-OH is 1. The van der Waals surface area contributed by atoms with Crippen molar-refractivity contribution in [2.75, 3.05) is 11.9 Å². The molecule has 1 unspecified atom stereocenters. The van der Waals surface area contributed by atoms with Gasteiger partial charge in [0.1, 0.15) is 0 Å². The molecule has 0 aliphatic heterocycles. The van der Waals surface area contributed by atoms with E-state index in [0.29, 0.717) is 18.9 Å². The quantitative estimate of drug-likeness (QED) is 0.763. The molecule has 1 aromatic rings. The van der Waals surface area contributed by atoms with Crippen LogP contribution in [0.3, 0.4) is 0 Å². The van der Waals surface area contributed by atoms with Gasteiger partial charge in [0.15, 0.2) is 0 Å². The number of benzene rings is 1. The van der Waals surface area contributed by atoms with Crippen LogP contribution in [0.2, 0.25) is 0 Å². The summed E-state index contributed by atoms with van der Waals surface area (Å²) in [7, 11) is 0. The first-order valence-electron chi connectivity index (χ1n) is 6.86. The van der Waals surface area contributed by atoms with Crippen molar-refractivity contribution in [3.8, 4) is 0 Å². The highest BCUT2D eigenvalue weighted by Gasteiger charge is 2.29. The highest BCUT2D eigenvalue weighted by Crippen LogP contribution is 2.33. The second-order valence-electron chi connectivity index (χ2n) is 5.37. The molecule has 1 aliphatic carbocycles. The molecule has 1 saturated carbocycles. The lowest BCUT2D eigenvalue weighted by Crippen LogP contribution is -2.31. The molecule has 4 nitrogen and oxygen atoms in total. The number of urea groups is 1. The third-order valence-corrected chi connectivity index (χ3v) is 3.66. The van der Waals surface area contributed by atoms with Crippen LogP contribution in [0.15, 0.2) is 18.2 Å². The topological polar surface area (TPSA) is 61.4 Å². The minimum absolute atomic E-state index is 0.216. The first kappa shape index (κ1) is 13.9. The van der Waals surface area contributed by atoms with E-state index in [0.717, 1.165) is 24.1 Å². The molecular weight excluding hydrogens is 240 g/mol. The summed E-state index contributed by atoms with van der Waals surface area (Å²) in [5.74, 6) is 0.463. The Balaban J connectivity index is 1.72. The fraction of sp³-hybridized carbons (Fsp3) is 0.533. The first-order valence-corrected chi connectivity index (χ1v) is 6.86. The standard InChI is InChI=1S/C15H22N2O2/c1-10-3-6-13(9-11(10)2)17-15(19)16-8-7-14(18)12-4-5-12/h3,6,9,12,14,18H,4-5,7-8H2,1-2H3,(H2,16,17,19). The maximum absolute atomic E-state index is 11.7. The molecule has 1 fully saturated rings. The Morgan fingerprint density at radius 2 is 2.11 bits per heavy atom. The maximum Gasteiger partial charge on any atom is 0.319 e. The summed E-state index contributed by atoms with van der Waals surface area (Å²) >= 11 is 0. The zero-order chi connectivity index (χ0) is 13.8. The monoisotopic (exact) mass is 262 g/mol. The molecule has 1 aromatic carbocycles. The van der Waals surface area contributed by atoms with E-state index in [1.165, 1.54) is 5.56 Å². The summed E-state index contributed by atoms with van der Waals surface area (Å²) in [6, 6.07) is 5.61. The lowest BCUT2D eigenvalue weighted by atomic mass is 10.1. The molecule has 1 atom stereocenters. The van der Waals surface area contributed by atoms with Crippen molar-refractivity contribution >= 4 is 11.7 Å². The fourth-order valence-electron chi connectivity index (χ4n) is 2.04. The van der Waals surface area contributed by atoms with E-state index in [9.17, 15) is 9.90 Å². The Morgan fingerprint density at radius 1 is 1.37 bits per heavy atom. The second kappa shape index (κ2) is 6.06. The first-order chi connectivity index (χ1) is 9.06. The van der Waals surface area contributed by atoms with E-state index in [1.807, 2.05) is 32.0 Å². The van der Waals surface area contributed by atoms with Gasteiger partial charge in [0, 0.05) is 12.2 Å². The van der Waals surface area contributed by atoms with Gasteiger partial charge >= 0.3 is 6.03 Å². The Labute approximate surface area is 114 Å². The van der Waals surface area contributed by atoms with Crippen LogP contribution in [-0.4, -0.2) is 23.8 Å². The van der Waals surface area contributed by atoms with Gasteiger partial charge in [-0.25, -0.2) is 4.79 Å². The molecule has 2 rings (SSSR count). The van der Waals surface area contributed by atoms with Gasteiger partial charge in [0.2, 0.25) is 0 Å². The second-order valence-corrected chi connectivity index (χ2v) is 5.37. The van der Waals surface area contributed by atoms with Crippen molar-refractivity contribution in [1.29, 1.82) is 0 Å². The number of anilines is 1. The van der Waals surface area contributed by atoms with Gasteiger partial charge in [-0.1, -0.05) is 6.07 Å². The molecule has 0 bridgehead atoms. The molecule has 0 radical (unpaired) electrons. The van der Waals surface area contributed by atoms with E-state index in [4.69, 9.17) is 0 Å². The summed E-state index contributed by atoms with van der Waals surface area (Å²) in [5, 5.41) is 15.3. The highest BCUT2D eigenvalue weighted by molar-refractivity contribution is 5.89. The van der Waals surface area contributed by atoms with Crippen LogP contribution in [0.1, 0.15) is 30.4 Å². The van der Waals surface area contributed by atoms with Gasteiger partial charge in [-0.05, 0) is 62.3 Å². The highest BCUT2D eigenvalue weighted by atomic mass is 16.3. The van der Waals surface area contributed by atoms with Crippen molar-refractivity contribution in [3.05, 3.63) is 29.3 Å². The molecule has 0 saturated heterocycles. The predicted octanol–water partition coefficient (Wildman–Crippen LogP) is 2.59. The van der Waals surface area contributed by atoms with E-state index in [-0.39, 0.29) is 12.1 Å². The van der Waals surface area contributed by atoms with Crippen molar-refractivity contribution < 1.29 is 9.90 Å². The number of carbonyl (C=O) groups excluding carboxylic acids is 1. The van der Waals surface area contributed by atoms with E-state index < -0.39 is 0 Å². The molecule has 0 heterocycles. The number of hydrogen-bond acceptors (Lipinski definition) is 2. The minimum Gasteiger partial charge on any atom is -0.393 e. The lowest BCUT2D eigenvalue weighted by Gasteiger charge is -2.11. The summed E-state index contributed by atoms with van der Waals surface area (Å²) in [5.41, 5.74) is 3.16. The largest absolute Gasteiger partial charge is 0.393 e. The van der Waals surface area contributed by atoms with Crippen LogP contribution in [0.4, 0.5) is 10.5 Å². The van der Waals surface area contributed by atoms with E-state index in [2.05, 4.69) is 10.6 Å². The van der Waals surface area contributed by atoms with Gasteiger partial charge in [-0.3, -0.25) is 0 Å². The Morgan fingerprint density at radius 3 is 2.74 bits per heavy atom. The molecule has 1 aliphatic rings. The molecular formula is C15H22N2O2. The molecule has 2 amide bonds. The number of nitrogens with one attached hydrogen (secondary N) is 2. The van der Waals surface area contributed by atoms with Gasteiger partial charge < -0.3 is 15.7 Å². The zero-order valence-electron chi connectivity index (χ0n) is 11.6. The third-order valence-electron chi connectivity index (χ3n) is 3.66. The molecule has 0 spiro atoms. The number of aryl methyl sites for hydroxylation is 2. The Bertz CT molecular complexity index is 455. The molecule has 0 aromatic heterocycles. The zero-order valence-corrected chi connectivity index (χ0v) is 11.6. The van der Waals surface area contributed by atoms with E-state index in [1.54, 1.807) is 0 Å². The maximum atomic E-state index is 11.7. The van der Waals surface area contributed by atoms with Crippen LogP contribution < -0.4 is 10.6 Å². The third kappa shape index (κ3) is 4.24. The smallest absolute Gasteiger partial charge is 0.319 e. The number of hydrogen-bond donors (Lipinski definition) is 3. The number of carbonyl (C=O) groups is 1. The van der Waals surface area contributed by atoms with Crippen molar-refractivity contribution in [1.82, 2.24) is 5.32 Å². The Hall–Kier alpha value is -1.55. The number of rotatable bonds is 5. The average Bonchev–Trinajstić information content (AvgIpc) is 3.18. The number of aliphatic hydroxyl groups is 1. The molecule has 19 heavy (non-hydrogen) atoms. The van der Waals surface area contributed by atoms with E-state index >= 15 is 0 Å². The number of amides is 2. The summed E-state index contributed by atoms with van der Waals surface area (Å²) in [6.07, 6.45) is 2.61. The van der Waals surface area contributed by atoms with Crippen molar-refractivity contribution in [2.24, 2.45) is 5.92 Å². The predicted molar refractivity (Wildman–Crippen MR) is 76.3 cm³/mol. The SMILES string of the molecule is Cc1ccc(NC(=O)NCCC(O)C2CC2)cc1C. The van der Waals surface area contributed by atoms with Crippen molar-refractivity contribution in [2.45, 2.75) is 39.2 Å². The van der Waals surface area contributed by atoms with Gasteiger partial charge in [-0.2, -0.15) is 0 Å². The normalized spacial score (nSPS) is 15.9. The molecule has 104 valence electrons. The molecule has 4 heteroatoms. The van der Waals surface area contributed by atoms with Gasteiger partial charge in [0.25, 0.3) is 0 Å². The van der Waals surface area contributed by atoms with Gasteiger partial charge in [0.05, 0.1) is 6.10 Å². The van der Waals surface area contributed by atoms with Gasteiger partial charge in [-0.15, -0.1) is 0 Å². The van der Waals surface area contributed by atoms with Crippen LogP contribution in [-0.2, 0) is 0 Å². The summed E-state index contributed by atoms with van der Waals surface area (Å²) in [4.78, 5) is 11.7. The van der Waals surface area contributed by atoms with Crippen LogP contribution in [0.25, 0.3) is 0 Å². The summed E-state index contributed by atoms with van der Waals surface area (Å²) < 4.78 is 0. The average molecular weight is 262 g/mol. The van der Waals surface area contributed by atoms with Crippen molar-refractivity contribution in [3.63, 3.8) is 0 Å². The lowest BCUT2D eigenvalue weighted by molar-refractivity contribution is 0.142. The van der Waals surface area contributed by atoms with Crippen LogP contribution >= 0.6 is 0 Å². The summed E-state index contributed by atoms with van der Waals surface area (Å²) in [6.45, 7) is 4.57. The fourth-order valence-corrected chi connectivity index (χ4v) is 2.04. The van der Waals surface area contributed by atoms with Crippen LogP contribution in [0.5, 0.6) is 0 Å². The minimum atomic E-state index is -0.262.